The lowest BCUT2D eigenvalue weighted by molar-refractivity contribution is 0.413. The molecule has 0 aliphatic heterocycles. The van der Waals surface area contributed by atoms with Gasteiger partial charge in [0.15, 0.2) is 0 Å². The van der Waals surface area contributed by atoms with Crippen molar-refractivity contribution < 1.29 is 4.74 Å². The third-order valence-corrected chi connectivity index (χ3v) is 11.4. The highest BCUT2D eigenvalue weighted by Gasteiger charge is 2.44. The molecule has 150 valence electrons. The van der Waals surface area contributed by atoms with E-state index in [0.29, 0.717) is 5.92 Å². The molecule has 4 aliphatic carbocycles. The molecule has 2 saturated carbocycles. The van der Waals surface area contributed by atoms with Crippen LogP contribution in [0.2, 0.25) is 0 Å². The summed E-state index contributed by atoms with van der Waals surface area (Å²) in [6.45, 7) is 0. The van der Waals surface area contributed by atoms with Crippen LogP contribution in [0.25, 0.3) is 5.57 Å². The number of rotatable bonds is 5. The lowest BCUT2D eigenvalue weighted by Gasteiger charge is -2.41. The summed E-state index contributed by atoms with van der Waals surface area (Å²) < 4.78 is 5.83. The second-order valence-electron chi connectivity index (χ2n) is 9.32. The summed E-state index contributed by atoms with van der Waals surface area (Å²) in [6.07, 6.45) is 21.2. The Morgan fingerprint density at radius 3 is 2.04 bits per heavy atom. The van der Waals surface area contributed by atoms with E-state index in [0.717, 1.165) is 23.0 Å². The fourth-order valence-electron chi connectivity index (χ4n) is 6.45. The minimum atomic E-state index is -0.0203. The van der Waals surface area contributed by atoms with E-state index in [1.54, 1.807) is 5.57 Å². The molecule has 2 bridgehead atoms. The molecule has 1 aromatic rings. The van der Waals surface area contributed by atoms with E-state index in [-0.39, 0.29) is 7.92 Å². The third-order valence-electron chi connectivity index (χ3n) is 7.69. The van der Waals surface area contributed by atoms with Crippen molar-refractivity contribution in [2.45, 2.75) is 81.9 Å². The van der Waals surface area contributed by atoms with Gasteiger partial charge in [0.25, 0.3) is 0 Å². The molecule has 28 heavy (non-hydrogen) atoms. The Bertz CT molecular complexity index is 733. The quantitative estimate of drug-likeness (QED) is 0.366. The highest BCUT2D eigenvalue weighted by Crippen LogP contribution is 2.69. The van der Waals surface area contributed by atoms with Crippen LogP contribution in [-0.2, 0) is 0 Å². The molecule has 0 radical (unpaired) electrons. The number of methoxy groups -OCH3 is 1. The first-order valence-corrected chi connectivity index (χ1v) is 13.2. The highest BCUT2D eigenvalue weighted by atomic mass is 31.1. The van der Waals surface area contributed by atoms with Crippen LogP contribution in [0.1, 0.15) is 76.2 Å². The zero-order valence-electron chi connectivity index (χ0n) is 17.4. The predicted octanol–water partition coefficient (Wildman–Crippen LogP) is 7.76. The maximum atomic E-state index is 5.83. The molecular formula is C26H35OP. The van der Waals surface area contributed by atoms with Crippen molar-refractivity contribution in [2.75, 3.05) is 7.11 Å². The molecule has 0 saturated heterocycles. The van der Waals surface area contributed by atoms with Crippen LogP contribution in [0.4, 0.5) is 0 Å². The van der Waals surface area contributed by atoms with Crippen molar-refractivity contribution in [1.29, 1.82) is 0 Å². The highest BCUT2D eigenvalue weighted by molar-refractivity contribution is 7.63. The first-order valence-electron chi connectivity index (χ1n) is 11.7. The number of fused-ring (bicyclic) bond motifs is 2. The summed E-state index contributed by atoms with van der Waals surface area (Å²) in [7, 11) is 1.82. The van der Waals surface area contributed by atoms with Crippen molar-refractivity contribution in [1.82, 2.24) is 0 Å². The molecule has 2 fully saturated rings. The van der Waals surface area contributed by atoms with Crippen molar-refractivity contribution in [2.24, 2.45) is 11.8 Å². The molecule has 0 amide bonds. The average molecular weight is 395 g/mol. The monoisotopic (exact) mass is 394 g/mol. The lowest BCUT2D eigenvalue weighted by atomic mass is 9.94. The summed E-state index contributed by atoms with van der Waals surface area (Å²) in [5.74, 6) is 2.44. The van der Waals surface area contributed by atoms with Crippen molar-refractivity contribution in [3.05, 3.63) is 47.3 Å². The number of hydrogen-bond donors (Lipinski definition) is 0. The zero-order valence-corrected chi connectivity index (χ0v) is 18.3. The molecule has 0 N–H and O–H groups in total. The van der Waals surface area contributed by atoms with Crippen LogP contribution >= 0.6 is 7.92 Å². The second-order valence-corrected chi connectivity index (χ2v) is 12.1. The summed E-state index contributed by atoms with van der Waals surface area (Å²) >= 11 is 0. The average Bonchev–Trinajstić information content (AvgIpc) is 3.38. The maximum Gasteiger partial charge on any atom is 0.126 e. The van der Waals surface area contributed by atoms with Crippen LogP contribution in [0, 0.1) is 11.8 Å². The van der Waals surface area contributed by atoms with Gasteiger partial charge < -0.3 is 4.74 Å². The molecule has 0 heterocycles. The molecule has 0 aromatic heterocycles. The molecule has 1 aromatic carbocycles. The Labute approximate surface area is 172 Å². The van der Waals surface area contributed by atoms with Crippen LogP contribution in [-0.4, -0.2) is 18.4 Å². The van der Waals surface area contributed by atoms with Crippen molar-refractivity contribution in [3.63, 3.8) is 0 Å². The van der Waals surface area contributed by atoms with Gasteiger partial charge in [-0.15, -0.1) is 0 Å². The standard InChI is InChI=1S/C26H35OP/c1-27-24-15-9-8-14-23(24)25-19-16-17-20(18-19)26(25)28(21-10-4-2-5-11-21)22-12-6-3-7-13-22/h8-9,14-17,19-22H,2-7,10-13,18H2,1H3. The topological polar surface area (TPSA) is 9.23 Å². The Morgan fingerprint density at radius 1 is 0.786 bits per heavy atom. The van der Waals surface area contributed by atoms with Crippen LogP contribution in [0.5, 0.6) is 5.75 Å². The summed E-state index contributed by atoms with van der Waals surface area (Å²) in [5.41, 5.74) is 5.06. The first kappa shape index (κ1) is 18.9. The van der Waals surface area contributed by atoms with Gasteiger partial charge in [0.2, 0.25) is 0 Å². The number of benzene rings is 1. The molecular weight excluding hydrogens is 359 g/mol. The number of para-hydroxylation sites is 1. The van der Waals surface area contributed by atoms with Crippen LogP contribution in [0.15, 0.2) is 41.7 Å². The SMILES string of the molecule is COc1ccccc1C1=C(P(C2CCCCC2)C2CCCCC2)C2C=CC1C2. The molecule has 5 rings (SSSR count). The minimum absolute atomic E-state index is 0.0203. The first-order chi connectivity index (χ1) is 13.9. The Morgan fingerprint density at radius 2 is 1.39 bits per heavy atom. The van der Waals surface area contributed by atoms with Gasteiger partial charge in [0.05, 0.1) is 7.11 Å². The van der Waals surface area contributed by atoms with E-state index >= 15 is 0 Å². The summed E-state index contributed by atoms with van der Waals surface area (Å²) in [5, 5.41) is 1.91. The van der Waals surface area contributed by atoms with Gasteiger partial charge in [0.1, 0.15) is 5.75 Å². The maximum absolute atomic E-state index is 5.83. The molecule has 0 spiro atoms. The van der Waals surface area contributed by atoms with E-state index in [2.05, 4.69) is 36.4 Å². The van der Waals surface area contributed by atoms with E-state index < -0.39 is 0 Å². The zero-order chi connectivity index (χ0) is 18.9. The van der Waals surface area contributed by atoms with Gasteiger partial charge in [-0.25, -0.2) is 0 Å². The number of allylic oxidation sites excluding steroid dienone is 4. The smallest absolute Gasteiger partial charge is 0.126 e. The minimum Gasteiger partial charge on any atom is -0.496 e. The largest absolute Gasteiger partial charge is 0.496 e. The molecule has 4 aliphatic rings. The van der Waals surface area contributed by atoms with Crippen LogP contribution < -0.4 is 4.74 Å². The van der Waals surface area contributed by atoms with Gasteiger partial charge >= 0.3 is 0 Å². The van der Waals surface area contributed by atoms with Gasteiger partial charge in [-0.05, 0) is 60.4 Å². The van der Waals surface area contributed by atoms with Crippen molar-refractivity contribution >= 4 is 13.5 Å². The van der Waals surface area contributed by atoms with Gasteiger partial charge in [-0.1, -0.05) is 76.8 Å². The van der Waals surface area contributed by atoms with Crippen molar-refractivity contribution in [3.8, 4) is 5.75 Å². The van der Waals surface area contributed by atoms with E-state index in [9.17, 15) is 0 Å². The van der Waals surface area contributed by atoms with Gasteiger partial charge in [-0.3, -0.25) is 0 Å². The second kappa shape index (κ2) is 8.35. The molecule has 2 heteroatoms. The Balaban J connectivity index is 1.61. The Hall–Kier alpha value is -1.07. The Kier molecular flexibility index (Phi) is 5.64. The van der Waals surface area contributed by atoms with E-state index in [1.807, 2.05) is 12.4 Å². The molecule has 1 nitrogen and oxygen atoms in total. The molecule has 2 atom stereocenters. The van der Waals surface area contributed by atoms with E-state index in [1.165, 1.54) is 76.2 Å². The van der Waals surface area contributed by atoms with E-state index in [4.69, 9.17) is 4.74 Å². The molecule has 2 unspecified atom stereocenters. The van der Waals surface area contributed by atoms with Gasteiger partial charge in [-0.2, -0.15) is 0 Å². The lowest BCUT2D eigenvalue weighted by Crippen LogP contribution is -2.22. The summed E-state index contributed by atoms with van der Waals surface area (Å²) in [4.78, 5) is 0. The van der Waals surface area contributed by atoms with Crippen LogP contribution in [0.3, 0.4) is 0 Å². The number of ether oxygens (including phenoxy) is 1. The van der Waals surface area contributed by atoms with Gasteiger partial charge in [0, 0.05) is 17.4 Å². The fourth-order valence-corrected chi connectivity index (χ4v) is 10.8. The normalized spacial score (nSPS) is 28.5. The summed E-state index contributed by atoms with van der Waals surface area (Å²) in [6, 6.07) is 8.83. The predicted molar refractivity (Wildman–Crippen MR) is 121 cm³/mol. The fraction of sp³-hybridized carbons (Fsp3) is 0.615. The third kappa shape index (κ3) is 3.39. The number of hydrogen-bond acceptors (Lipinski definition) is 1.